The molecule has 0 unspecified atom stereocenters. The Labute approximate surface area is 125 Å². The van der Waals surface area contributed by atoms with Crippen LogP contribution in [0.25, 0.3) is 0 Å². The second kappa shape index (κ2) is 5.44. The molecule has 0 aromatic carbocycles. The molecule has 2 saturated heterocycles. The van der Waals surface area contributed by atoms with Gasteiger partial charge in [-0.3, -0.25) is 9.80 Å². The van der Waals surface area contributed by atoms with E-state index in [-0.39, 0.29) is 23.6 Å². The van der Waals surface area contributed by atoms with Crippen molar-refractivity contribution >= 4 is 9.84 Å². The molecule has 1 aromatic heterocycles. The third-order valence-corrected chi connectivity index (χ3v) is 6.26. The standard InChI is InChI=1S/C14H20N4O2S/c1-2-17-3-4-18(8-11-5-12(6-15)16-7-11)14-10-21(19,20)9-13(14)17/h5,7,13-14,16H,2-4,8-10H2,1H3/t13-,14+/m1/s1. The summed E-state index contributed by atoms with van der Waals surface area (Å²) in [5.74, 6) is 0.530. The highest BCUT2D eigenvalue weighted by atomic mass is 32.2. The van der Waals surface area contributed by atoms with Crippen LogP contribution in [-0.4, -0.2) is 66.4 Å². The Hall–Kier alpha value is -1.36. The third-order valence-electron chi connectivity index (χ3n) is 4.56. The summed E-state index contributed by atoms with van der Waals surface area (Å²) in [6, 6.07) is 4.11. The number of piperazine rings is 1. The molecule has 0 bridgehead atoms. The molecule has 3 heterocycles. The lowest BCUT2D eigenvalue weighted by Gasteiger charge is -2.43. The Balaban J connectivity index is 1.78. The molecule has 2 aliphatic heterocycles. The minimum atomic E-state index is -2.94. The molecule has 114 valence electrons. The fourth-order valence-corrected chi connectivity index (χ4v) is 5.56. The SMILES string of the molecule is CCN1CCN(Cc2c[nH]c(C#N)c2)[C@H]2CS(=O)(=O)C[C@H]21. The summed E-state index contributed by atoms with van der Waals surface area (Å²) in [5, 5.41) is 8.86. The largest absolute Gasteiger partial charge is 0.353 e. The van der Waals surface area contributed by atoms with Gasteiger partial charge in [-0.1, -0.05) is 6.92 Å². The van der Waals surface area contributed by atoms with Gasteiger partial charge in [0.2, 0.25) is 0 Å². The van der Waals surface area contributed by atoms with Gasteiger partial charge in [0.15, 0.2) is 9.84 Å². The number of aromatic amines is 1. The predicted octanol–water partition coefficient (Wildman–Crippen LogP) is 0.189. The van der Waals surface area contributed by atoms with E-state index in [4.69, 9.17) is 5.26 Å². The Bertz CT molecular complexity index is 661. The highest BCUT2D eigenvalue weighted by molar-refractivity contribution is 7.91. The predicted molar refractivity (Wildman–Crippen MR) is 79.4 cm³/mol. The van der Waals surface area contributed by atoms with E-state index in [9.17, 15) is 8.42 Å². The van der Waals surface area contributed by atoms with Crippen LogP contribution in [0.4, 0.5) is 0 Å². The zero-order valence-corrected chi connectivity index (χ0v) is 12.9. The summed E-state index contributed by atoms with van der Waals surface area (Å²) in [6.45, 7) is 5.46. The number of H-pyrrole nitrogens is 1. The van der Waals surface area contributed by atoms with Crippen LogP contribution >= 0.6 is 0 Å². The number of sulfone groups is 1. The topological polar surface area (TPSA) is 80.2 Å². The Morgan fingerprint density at radius 2 is 2.00 bits per heavy atom. The zero-order chi connectivity index (χ0) is 15.0. The van der Waals surface area contributed by atoms with E-state index in [0.717, 1.165) is 25.2 Å². The maximum absolute atomic E-state index is 12.0. The molecular formula is C14H20N4O2S. The maximum atomic E-state index is 12.0. The number of hydrogen-bond donors (Lipinski definition) is 1. The van der Waals surface area contributed by atoms with E-state index in [1.807, 2.05) is 12.3 Å². The van der Waals surface area contributed by atoms with Gasteiger partial charge in [0.25, 0.3) is 0 Å². The van der Waals surface area contributed by atoms with Crippen molar-refractivity contribution in [3.63, 3.8) is 0 Å². The van der Waals surface area contributed by atoms with Gasteiger partial charge in [-0.25, -0.2) is 8.42 Å². The highest BCUT2D eigenvalue weighted by Crippen LogP contribution is 2.28. The number of nitrogens with one attached hydrogen (secondary N) is 1. The smallest absolute Gasteiger partial charge is 0.153 e. The molecule has 0 radical (unpaired) electrons. The Morgan fingerprint density at radius 3 is 2.62 bits per heavy atom. The first kappa shape index (κ1) is 14.6. The van der Waals surface area contributed by atoms with Crippen LogP contribution in [-0.2, 0) is 16.4 Å². The Kier molecular flexibility index (Phi) is 3.78. The number of fused-ring (bicyclic) bond motifs is 1. The molecule has 2 fully saturated rings. The molecule has 1 N–H and O–H groups in total. The van der Waals surface area contributed by atoms with Crippen molar-refractivity contribution in [1.82, 2.24) is 14.8 Å². The van der Waals surface area contributed by atoms with Crippen LogP contribution in [0.15, 0.2) is 12.3 Å². The van der Waals surface area contributed by atoms with Crippen LogP contribution in [0.5, 0.6) is 0 Å². The first-order chi connectivity index (χ1) is 10.0. The van der Waals surface area contributed by atoms with E-state index >= 15 is 0 Å². The van der Waals surface area contributed by atoms with E-state index < -0.39 is 9.84 Å². The van der Waals surface area contributed by atoms with E-state index in [1.165, 1.54) is 0 Å². The highest BCUT2D eigenvalue weighted by Gasteiger charge is 2.45. The van der Waals surface area contributed by atoms with Gasteiger partial charge in [0.05, 0.1) is 11.5 Å². The van der Waals surface area contributed by atoms with Crippen molar-refractivity contribution in [2.24, 2.45) is 0 Å². The second-order valence-electron chi connectivity index (χ2n) is 5.84. The molecule has 21 heavy (non-hydrogen) atoms. The zero-order valence-electron chi connectivity index (χ0n) is 12.1. The Morgan fingerprint density at radius 1 is 1.33 bits per heavy atom. The molecule has 0 aliphatic carbocycles. The number of nitriles is 1. The summed E-state index contributed by atoms with van der Waals surface area (Å²) >= 11 is 0. The molecular weight excluding hydrogens is 288 g/mol. The van der Waals surface area contributed by atoms with Crippen molar-refractivity contribution in [3.8, 4) is 6.07 Å². The lowest BCUT2D eigenvalue weighted by molar-refractivity contribution is 0.0439. The van der Waals surface area contributed by atoms with Crippen LogP contribution in [0, 0.1) is 11.3 Å². The molecule has 1 aromatic rings. The number of rotatable bonds is 3. The molecule has 6 nitrogen and oxygen atoms in total. The molecule has 7 heteroatoms. The number of likely N-dealkylation sites (N-methyl/N-ethyl adjacent to an activating group) is 1. The lowest BCUT2D eigenvalue weighted by atomic mass is 10.0. The summed E-state index contributed by atoms with van der Waals surface area (Å²) in [5.41, 5.74) is 1.59. The van der Waals surface area contributed by atoms with Gasteiger partial charge >= 0.3 is 0 Å². The molecule has 0 spiro atoms. The summed E-state index contributed by atoms with van der Waals surface area (Å²) in [4.78, 5) is 7.46. The maximum Gasteiger partial charge on any atom is 0.153 e. The van der Waals surface area contributed by atoms with Crippen molar-refractivity contribution < 1.29 is 8.42 Å². The van der Waals surface area contributed by atoms with Crippen LogP contribution < -0.4 is 0 Å². The van der Waals surface area contributed by atoms with Crippen LogP contribution in [0.2, 0.25) is 0 Å². The van der Waals surface area contributed by atoms with E-state index in [0.29, 0.717) is 12.2 Å². The van der Waals surface area contributed by atoms with Gasteiger partial charge in [-0.15, -0.1) is 0 Å². The fourth-order valence-electron chi connectivity index (χ4n) is 3.52. The average molecular weight is 308 g/mol. The summed E-state index contributed by atoms with van der Waals surface area (Å²) < 4.78 is 24.0. The second-order valence-corrected chi connectivity index (χ2v) is 8.00. The average Bonchev–Trinajstić information content (AvgIpc) is 3.02. The molecule has 2 aliphatic rings. The van der Waals surface area contributed by atoms with Gasteiger partial charge in [0, 0.05) is 37.9 Å². The normalized spacial score (nSPS) is 29.1. The fraction of sp³-hybridized carbons (Fsp3) is 0.643. The number of nitrogens with zero attached hydrogens (tertiary/aromatic N) is 3. The quantitative estimate of drug-likeness (QED) is 0.862. The van der Waals surface area contributed by atoms with Crippen LogP contribution in [0.1, 0.15) is 18.2 Å². The van der Waals surface area contributed by atoms with Gasteiger partial charge in [-0.2, -0.15) is 5.26 Å². The lowest BCUT2D eigenvalue weighted by Crippen LogP contribution is -2.58. The minimum Gasteiger partial charge on any atom is -0.353 e. The summed E-state index contributed by atoms with van der Waals surface area (Å²) in [6.07, 6.45) is 1.84. The molecule has 0 amide bonds. The molecule has 0 saturated carbocycles. The van der Waals surface area contributed by atoms with E-state index in [1.54, 1.807) is 0 Å². The van der Waals surface area contributed by atoms with Gasteiger partial charge < -0.3 is 4.98 Å². The van der Waals surface area contributed by atoms with Gasteiger partial charge in [-0.05, 0) is 18.2 Å². The minimum absolute atomic E-state index is 0.0733. The van der Waals surface area contributed by atoms with Crippen molar-refractivity contribution in [2.75, 3.05) is 31.1 Å². The molecule has 3 rings (SSSR count). The van der Waals surface area contributed by atoms with Gasteiger partial charge in [0.1, 0.15) is 11.8 Å². The number of aromatic nitrogens is 1. The first-order valence-corrected chi connectivity index (χ1v) is 9.10. The monoisotopic (exact) mass is 308 g/mol. The van der Waals surface area contributed by atoms with Crippen LogP contribution in [0.3, 0.4) is 0 Å². The van der Waals surface area contributed by atoms with Crippen molar-refractivity contribution in [2.45, 2.75) is 25.6 Å². The van der Waals surface area contributed by atoms with Crippen molar-refractivity contribution in [3.05, 3.63) is 23.5 Å². The van der Waals surface area contributed by atoms with E-state index in [2.05, 4.69) is 27.8 Å². The van der Waals surface area contributed by atoms with Crippen molar-refractivity contribution in [1.29, 1.82) is 5.26 Å². The molecule has 2 atom stereocenters. The number of hydrogen-bond acceptors (Lipinski definition) is 5. The first-order valence-electron chi connectivity index (χ1n) is 7.28. The summed E-state index contributed by atoms with van der Waals surface area (Å²) in [7, 11) is -2.94. The third kappa shape index (κ3) is 2.84.